The van der Waals surface area contributed by atoms with E-state index in [0.717, 1.165) is 25.0 Å². The summed E-state index contributed by atoms with van der Waals surface area (Å²) in [6.07, 6.45) is -2.16. The second-order valence-corrected chi connectivity index (χ2v) is 6.45. The van der Waals surface area contributed by atoms with Gasteiger partial charge in [-0.3, -0.25) is 9.69 Å². The van der Waals surface area contributed by atoms with E-state index in [0.29, 0.717) is 32.1 Å². The highest BCUT2D eigenvalue weighted by atomic mass is 19.4. The standard InChI is InChI=1S/C16H18F4N2O/c17-13-7-11(6-12(8-13)16(18,19)20)9-22-5-3-15(10-22)2-1-4-21-14(15)23/h6-8H,1-5,9-10H2,(H,21,23)/t15-/m1/s1. The monoisotopic (exact) mass is 330 g/mol. The van der Waals surface area contributed by atoms with Crippen LogP contribution in [0.4, 0.5) is 17.6 Å². The van der Waals surface area contributed by atoms with Crippen molar-refractivity contribution in [2.45, 2.75) is 32.0 Å². The summed E-state index contributed by atoms with van der Waals surface area (Å²) >= 11 is 0. The molecule has 2 aliphatic heterocycles. The molecule has 2 aliphatic rings. The lowest BCUT2D eigenvalue weighted by molar-refractivity contribution is -0.137. The van der Waals surface area contributed by atoms with Gasteiger partial charge >= 0.3 is 6.18 Å². The van der Waals surface area contributed by atoms with Crippen molar-refractivity contribution in [3.05, 3.63) is 35.1 Å². The quantitative estimate of drug-likeness (QED) is 0.846. The average molecular weight is 330 g/mol. The Kier molecular flexibility index (Phi) is 4.08. The molecule has 2 saturated heterocycles. The first kappa shape index (κ1) is 16.2. The first-order valence-electron chi connectivity index (χ1n) is 7.66. The van der Waals surface area contributed by atoms with Crippen molar-refractivity contribution in [1.82, 2.24) is 10.2 Å². The Bertz CT molecular complexity index is 617. The zero-order valence-corrected chi connectivity index (χ0v) is 12.5. The smallest absolute Gasteiger partial charge is 0.356 e. The number of hydrogen-bond donors (Lipinski definition) is 1. The van der Waals surface area contributed by atoms with Gasteiger partial charge in [0.05, 0.1) is 11.0 Å². The zero-order chi connectivity index (χ0) is 16.7. The minimum atomic E-state index is -4.56. The largest absolute Gasteiger partial charge is 0.416 e. The van der Waals surface area contributed by atoms with E-state index in [1.807, 2.05) is 4.90 Å². The molecule has 2 fully saturated rings. The lowest BCUT2D eigenvalue weighted by Crippen LogP contribution is -2.47. The summed E-state index contributed by atoms with van der Waals surface area (Å²) in [6.45, 7) is 2.04. The van der Waals surface area contributed by atoms with E-state index >= 15 is 0 Å². The number of nitrogens with one attached hydrogen (secondary N) is 1. The van der Waals surface area contributed by atoms with Gasteiger partial charge in [0.1, 0.15) is 5.82 Å². The molecule has 2 heterocycles. The van der Waals surface area contributed by atoms with Crippen molar-refractivity contribution >= 4 is 5.91 Å². The molecule has 1 spiro atoms. The van der Waals surface area contributed by atoms with E-state index in [1.54, 1.807) is 0 Å². The highest BCUT2D eigenvalue weighted by Crippen LogP contribution is 2.38. The van der Waals surface area contributed by atoms with Crippen LogP contribution >= 0.6 is 0 Å². The summed E-state index contributed by atoms with van der Waals surface area (Å²) in [7, 11) is 0. The molecule has 0 unspecified atom stereocenters. The fraction of sp³-hybridized carbons (Fsp3) is 0.562. The number of benzene rings is 1. The molecule has 1 amide bonds. The van der Waals surface area contributed by atoms with Crippen LogP contribution in [0.15, 0.2) is 18.2 Å². The number of alkyl halides is 3. The topological polar surface area (TPSA) is 32.3 Å². The maximum atomic E-state index is 13.5. The summed E-state index contributed by atoms with van der Waals surface area (Å²) in [4.78, 5) is 14.0. The normalized spacial score (nSPS) is 25.8. The van der Waals surface area contributed by atoms with Crippen molar-refractivity contribution in [3.8, 4) is 0 Å². The van der Waals surface area contributed by atoms with Crippen LogP contribution in [0.2, 0.25) is 0 Å². The van der Waals surface area contributed by atoms with Gasteiger partial charge in [0, 0.05) is 19.6 Å². The van der Waals surface area contributed by atoms with Crippen LogP contribution in [0.1, 0.15) is 30.4 Å². The summed E-state index contributed by atoms with van der Waals surface area (Å²) in [5.74, 6) is -0.861. The van der Waals surface area contributed by atoms with Crippen molar-refractivity contribution < 1.29 is 22.4 Å². The molecule has 0 aromatic heterocycles. The molecular weight excluding hydrogens is 312 g/mol. The lowest BCUT2D eigenvalue weighted by Gasteiger charge is -2.32. The van der Waals surface area contributed by atoms with E-state index in [-0.39, 0.29) is 18.0 Å². The molecule has 0 saturated carbocycles. The predicted molar refractivity (Wildman–Crippen MR) is 76.0 cm³/mol. The van der Waals surface area contributed by atoms with Gasteiger partial charge in [-0.15, -0.1) is 0 Å². The molecule has 23 heavy (non-hydrogen) atoms. The highest BCUT2D eigenvalue weighted by Gasteiger charge is 2.45. The number of hydrogen-bond acceptors (Lipinski definition) is 2. The number of amides is 1. The number of rotatable bonds is 2. The zero-order valence-electron chi connectivity index (χ0n) is 12.5. The van der Waals surface area contributed by atoms with Crippen LogP contribution in [0.25, 0.3) is 0 Å². The molecule has 1 aromatic rings. The number of nitrogens with zero attached hydrogens (tertiary/aromatic N) is 1. The molecule has 1 aromatic carbocycles. The molecule has 1 N–H and O–H groups in total. The number of carbonyl (C=O) groups is 1. The minimum absolute atomic E-state index is 0.0291. The maximum absolute atomic E-state index is 13.5. The van der Waals surface area contributed by atoms with E-state index in [2.05, 4.69) is 5.32 Å². The Hall–Kier alpha value is -1.63. The summed E-state index contributed by atoms with van der Waals surface area (Å²) < 4.78 is 51.8. The summed E-state index contributed by atoms with van der Waals surface area (Å²) in [5, 5.41) is 2.86. The van der Waals surface area contributed by atoms with Crippen LogP contribution < -0.4 is 5.32 Å². The molecule has 3 rings (SSSR count). The summed E-state index contributed by atoms with van der Waals surface area (Å²) in [6, 6.07) is 2.61. The predicted octanol–water partition coefficient (Wildman–Crippen LogP) is 2.95. The molecule has 0 bridgehead atoms. The second kappa shape index (κ2) is 5.78. The Balaban J connectivity index is 1.73. The Morgan fingerprint density at radius 2 is 2.00 bits per heavy atom. The summed E-state index contributed by atoms with van der Waals surface area (Å²) in [5.41, 5.74) is -1.12. The third-order valence-electron chi connectivity index (χ3n) is 4.72. The van der Waals surface area contributed by atoms with Crippen LogP contribution in [0.3, 0.4) is 0 Å². The van der Waals surface area contributed by atoms with Crippen LogP contribution in [-0.4, -0.2) is 30.4 Å². The van der Waals surface area contributed by atoms with E-state index < -0.39 is 23.0 Å². The van der Waals surface area contributed by atoms with Gasteiger partial charge in [-0.25, -0.2) is 4.39 Å². The number of carbonyl (C=O) groups excluding carboxylic acids is 1. The lowest BCUT2D eigenvalue weighted by atomic mass is 9.79. The molecular formula is C16H18F4N2O. The molecule has 0 radical (unpaired) electrons. The number of likely N-dealkylation sites (tertiary alicyclic amines) is 1. The maximum Gasteiger partial charge on any atom is 0.416 e. The SMILES string of the molecule is O=C1NCCC[C@]12CCN(Cc1cc(F)cc(C(F)(F)F)c1)C2. The fourth-order valence-corrected chi connectivity index (χ4v) is 3.58. The first-order chi connectivity index (χ1) is 10.8. The highest BCUT2D eigenvalue weighted by molar-refractivity contribution is 5.83. The van der Waals surface area contributed by atoms with Gasteiger partial charge < -0.3 is 5.32 Å². The van der Waals surface area contributed by atoms with Gasteiger partial charge in [0.15, 0.2) is 0 Å². The van der Waals surface area contributed by atoms with E-state index in [1.165, 1.54) is 0 Å². The molecule has 7 heteroatoms. The molecule has 3 nitrogen and oxygen atoms in total. The fourth-order valence-electron chi connectivity index (χ4n) is 3.58. The minimum Gasteiger partial charge on any atom is -0.356 e. The van der Waals surface area contributed by atoms with Gasteiger partial charge in [0.2, 0.25) is 5.91 Å². The van der Waals surface area contributed by atoms with E-state index in [9.17, 15) is 22.4 Å². The van der Waals surface area contributed by atoms with Gasteiger partial charge in [-0.2, -0.15) is 13.2 Å². The Labute approximate surface area is 131 Å². The number of halogens is 4. The van der Waals surface area contributed by atoms with Crippen molar-refractivity contribution in [1.29, 1.82) is 0 Å². The molecule has 126 valence electrons. The van der Waals surface area contributed by atoms with Crippen molar-refractivity contribution in [3.63, 3.8) is 0 Å². The molecule has 0 aliphatic carbocycles. The van der Waals surface area contributed by atoms with E-state index in [4.69, 9.17) is 0 Å². The second-order valence-electron chi connectivity index (χ2n) is 6.45. The number of piperidine rings is 1. The van der Waals surface area contributed by atoms with Crippen LogP contribution in [0, 0.1) is 11.2 Å². The van der Waals surface area contributed by atoms with Crippen LogP contribution in [0.5, 0.6) is 0 Å². The van der Waals surface area contributed by atoms with Gasteiger partial charge in [-0.05, 0) is 49.6 Å². The van der Waals surface area contributed by atoms with Gasteiger partial charge in [-0.1, -0.05) is 0 Å². The molecule has 1 atom stereocenters. The first-order valence-corrected chi connectivity index (χ1v) is 7.66. The third kappa shape index (κ3) is 3.34. The van der Waals surface area contributed by atoms with Crippen LogP contribution in [-0.2, 0) is 17.5 Å². The Morgan fingerprint density at radius 1 is 1.22 bits per heavy atom. The Morgan fingerprint density at radius 3 is 2.70 bits per heavy atom. The van der Waals surface area contributed by atoms with Crippen molar-refractivity contribution in [2.24, 2.45) is 5.41 Å². The third-order valence-corrected chi connectivity index (χ3v) is 4.72. The average Bonchev–Trinajstić information content (AvgIpc) is 2.85. The van der Waals surface area contributed by atoms with Crippen molar-refractivity contribution in [2.75, 3.05) is 19.6 Å². The van der Waals surface area contributed by atoms with Gasteiger partial charge in [0.25, 0.3) is 0 Å².